The third-order valence-corrected chi connectivity index (χ3v) is 3.02. The number of ether oxygens (including phenoxy) is 2. The minimum Gasteiger partial charge on any atom is -0.508 e. The van der Waals surface area contributed by atoms with Crippen molar-refractivity contribution in [3.63, 3.8) is 0 Å². The number of carbonyl (C=O) groups excluding carboxylic acids is 1. The molecule has 0 fully saturated rings. The van der Waals surface area contributed by atoms with Crippen molar-refractivity contribution in [2.45, 2.75) is 0 Å². The van der Waals surface area contributed by atoms with Crippen LogP contribution in [0.1, 0.15) is 10.4 Å². The lowest BCUT2D eigenvalue weighted by atomic mass is 10.1. The molecule has 5 heteroatoms. The van der Waals surface area contributed by atoms with Gasteiger partial charge in [0.15, 0.2) is 17.3 Å². The normalized spacial score (nSPS) is 10.5. The fourth-order valence-corrected chi connectivity index (χ4v) is 1.86. The minimum atomic E-state index is -0.160. The van der Waals surface area contributed by atoms with Crippen LogP contribution in [-0.4, -0.2) is 25.1 Å². The highest BCUT2D eigenvalue weighted by molar-refractivity contribution is 6.05. The van der Waals surface area contributed by atoms with Crippen LogP contribution in [0.3, 0.4) is 0 Å². The summed E-state index contributed by atoms with van der Waals surface area (Å²) in [6, 6.07) is 11.5. The monoisotopic (exact) mass is 299 g/mol. The molecule has 2 rings (SSSR count). The molecule has 22 heavy (non-hydrogen) atoms. The molecular formula is C17H17NO4. The summed E-state index contributed by atoms with van der Waals surface area (Å²) < 4.78 is 10.3. The van der Waals surface area contributed by atoms with E-state index in [2.05, 4.69) is 5.32 Å². The highest BCUT2D eigenvalue weighted by Gasteiger charge is 2.08. The summed E-state index contributed by atoms with van der Waals surface area (Å²) in [6.07, 6.45) is 2.97. The summed E-state index contributed by atoms with van der Waals surface area (Å²) in [4.78, 5) is 12.1. The molecule has 0 saturated heterocycles. The summed E-state index contributed by atoms with van der Waals surface area (Å²) in [5.41, 5.74) is 1.27. The molecule has 0 aliphatic carbocycles. The Hall–Kier alpha value is -2.95. The molecule has 0 unspecified atom stereocenters. The maximum atomic E-state index is 12.1. The van der Waals surface area contributed by atoms with E-state index < -0.39 is 0 Å². The molecule has 0 aromatic heterocycles. The molecule has 0 atom stereocenters. The zero-order chi connectivity index (χ0) is 15.9. The Morgan fingerprint density at radius 2 is 1.73 bits per heavy atom. The summed E-state index contributed by atoms with van der Waals surface area (Å²) >= 11 is 0. The minimum absolute atomic E-state index is 0.160. The third kappa shape index (κ3) is 3.79. The fourth-order valence-electron chi connectivity index (χ4n) is 1.86. The molecule has 0 heterocycles. The second-order valence-electron chi connectivity index (χ2n) is 4.46. The van der Waals surface area contributed by atoms with Crippen LogP contribution < -0.4 is 14.8 Å². The summed E-state index contributed by atoms with van der Waals surface area (Å²) in [5, 5.41) is 12.1. The Labute approximate surface area is 128 Å². The number of nitrogens with one attached hydrogen (secondary N) is 1. The van der Waals surface area contributed by atoms with E-state index >= 15 is 0 Å². The number of anilines is 1. The zero-order valence-corrected chi connectivity index (χ0v) is 12.4. The van der Waals surface area contributed by atoms with Gasteiger partial charge in [0.05, 0.1) is 14.2 Å². The first kappa shape index (κ1) is 15.4. The van der Waals surface area contributed by atoms with Crippen LogP contribution >= 0.6 is 0 Å². The molecule has 2 N–H and O–H groups in total. The van der Waals surface area contributed by atoms with Crippen molar-refractivity contribution < 1.29 is 19.4 Å². The average molecular weight is 299 g/mol. The van der Waals surface area contributed by atoms with Crippen molar-refractivity contribution in [1.29, 1.82) is 0 Å². The van der Waals surface area contributed by atoms with Crippen molar-refractivity contribution >= 4 is 11.5 Å². The quantitative estimate of drug-likeness (QED) is 0.487. The van der Waals surface area contributed by atoms with E-state index in [9.17, 15) is 9.90 Å². The molecule has 2 aromatic rings. The van der Waals surface area contributed by atoms with E-state index in [0.717, 1.165) is 5.69 Å². The lowest BCUT2D eigenvalue weighted by molar-refractivity contribution is 0.104. The van der Waals surface area contributed by atoms with Gasteiger partial charge in [-0.2, -0.15) is 0 Å². The van der Waals surface area contributed by atoms with Crippen molar-refractivity contribution in [2.75, 3.05) is 19.5 Å². The topological polar surface area (TPSA) is 67.8 Å². The fraction of sp³-hybridized carbons (Fsp3) is 0.118. The van der Waals surface area contributed by atoms with Gasteiger partial charge in [0.1, 0.15) is 5.75 Å². The Balaban J connectivity index is 2.05. The van der Waals surface area contributed by atoms with Gasteiger partial charge >= 0.3 is 0 Å². The predicted octanol–water partition coefficient (Wildman–Crippen LogP) is 3.22. The molecule has 0 aliphatic heterocycles. The van der Waals surface area contributed by atoms with Crippen LogP contribution in [0.5, 0.6) is 17.2 Å². The third-order valence-electron chi connectivity index (χ3n) is 3.02. The van der Waals surface area contributed by atoms with E-state index in [1.165, 1.54) is 13.2 Å². The molecule has 2 aromatic carbocycles. The lowest BCUT2D eigenvalue weighted by Crippen LogP contribution is -1.98. The molecule has 0 radical (unpaired) electrons. The molecule has 0 bridgehead atoms. The Morgan fingerprint density at radius 3 is 2.36 bits per heavy atom. The highest BCUT2D eigenvalue weighted by atomic mass is 16.5. The number of rotatable bonds is 6. The molecule has 0 spiro atoms. The Kier molecular flexibility index (Phi) is 5.03. The maximum Gasteiger partial charge on any atom is 0.187 e. The van der Waals surface area contributed by atoms with Crippen LogP contribution in [0.2, 0.25) is 0 Å². The van der Waals surface area contributed by atoms with Crippen LogP contribution in [0.15, 0.2) is 54.7 Å². The van der Waals surface area contributed by atoms with Crippen molar-refractivity contribution in [3.05, 3.63) is 60.3 Å². The summed E-state index contributed by atoms with van der Waals surface area (Å²) in [7, 11) is 3.06. The van der Waals surface area contributed by atoms with Gasteiger partial charge in [0.2, 0.25) is 0 Å². The van der Waals surface area contributed by atoms with Gasteiger partial charge in [0.25, 0.3) is 0 Å². The molecule has 5 nitrogen and oxygen atoms in total. The van der Waals surface area contributed by atoms with Crippen LogP contribution in [-0.2, 0) is 0 Å². The van der Waals surface area contributed by atoms with Gasteiger partial charge in [-0.1, -0.05) is 0 Å². The number of hydrogen-bond donors (Lipinski definition) is 2. The van der Waals surface area contributed by atoms with Crippen LogP contribution in [0, 0.1) is 0 Å². The van der Waals surface area contributed by atoms with Gasteiger partial charge in [-0.15, -0.1) is 0 Å². The first-order valence-corrected chi connectivity index (χ1v) is 6.62. The van der Waals surface area contributed by atoms with Crippen LogP contribution in [0.25, 0.3) is 0 Å². The number of hydrogen-bond acceptors (Lipinski definition) is 5. The summed E-state index contributed by atoms with van der Waals surface area (Å²) in [5.74, 6) is 1.11. The van der Waals surface area contributed by atoms with Gasteiger partial charge in [-0.3, -0.25) is 4.79 Å². The SMILES string of the molecule is COc1ccc(C(=O)/C=C/Nc2ccc(O)cc2)cc1OC. The number of phenols is 1. The number of carbonyl (C=O) groups is 1. The largest absolute Gasteiger partial charge is 0.508 e. The van der Waals surface area contributed by atoms with Crippen molar-refractivity contribution in [3.8, 4) is 17.2 Å². The zero-order valence-electron chi connectivity index (χ0n) is 12.4. The molecule has 0 aliphatic rings. The smallest absolute Gasteiger partial charge is 0.187 e. The molecule has 0 saturated carbocycles. The lowest BCUT2D eigenvalue weighted by Gasteiger charge is -2.08. The van der Waals surface area contributed by atoms with Gasteiger partial charge < -0.3 is 19.9 Å². The Bertz CT molecular complexity index is 678. The number of aromatic hydroxyl groups is 1. The van der Waals surface area contributed by atoms with E-state index in [1.54, 1.807) is 55.8 Å². The highest BCUT2D eigenvalue weighted by Crippen LogP contribution is 2.27. The average Bonchev–Trinajstić information content (AvgIpc) is 2.55. The van der Waals surface area contributed by atoms with E-state index in [0.29, 0.717) is 17.1 Å². The van der Waals surface area contributed by atoms with Crippen LogP contribution in [0.4, 0.5) is 5.69 Å². The van der Waals surface area contributed by atoms with E-state index in [4.69, 9.17) is 9.47 Å². The predicted molar refractivity (Wildman–Crippen MR) is 84.7 cm³/mol. The number of methoxy groups -OCH3 is 2. The first-order chi connectivity index (χ1) is 10.6. The van der Waals surface area contributed by atoms with Crippen molar-refractivity contribution in [2.24, 2.45) is 0 Å². The van der Waals surface area contributed by atoms with Crippen molar-refractivity contribution in [1.82, 2.24) is 0 Å². The molecule has 0 amide bonds. The second-order valence-corrected chi connectivity index (χ2v) is 4.46. The number of allylic oxidation sites excluding steroid dienone is 1. The summed E-state index contributed by atoms with van der Waals surface area (Å²) in [6.45, 7) is 0. The van der Waals surface area contributed by atoms with E-state index in [1.807, 2.05) is 0 Å². The second kappa shape index (κ2) is 7.17. The molecule has 114 valence electrons. The number of phenolic OH excluding ortho intramolecular Hbond substituents is 1. The molecular weight excluding hydrogens is 282 g/mol. The Morgan fingerprint density at radius 1 is 1.05 bits per heavy atom. The van der Waals surface area contributed by atoms with Gasteiger partial charge in [0, 0.05) is 23.5 Å². The van der Waals surface area contributed by atoms with E-state index in [-0.39, 0.29) is 11.5 Å². The number of benzene rings is 2. The number of ketones is 1. The standard InChI is InChI=1S/C17H17NO4/c1-21-16-8-3-12(11-17(16)22-2)15(20)9-10-18-13-4-6-14(19)7-5-13/h3-11,18-19H,1-2H3/b10-9+. The van der Waals surface area contributed by atoms with Gasteiger partial charge in [-0.25, -0.2) is 0 Å². The first-order valence-electron chi connectivity index (χ1n) is 6.62. The maximum absolute atomic E-state index is 12.1. The van der Waals surface area contributed by atoms with Gasteiger partial charge in [-0.05, 0) is 42.5 Å².